The second-order valence-corrected chi connectivity index (χ2v) is 5.27. The fourth-order valence-corrected chi connectivity index (χ4v) is 2.43. The van der Waals surface area contributed by atoms with Crippen LogP contribution >= 0.6 is 15.9 Å². The molecule has 0 radical (unpaired) electrons. The minimum Gasteiger partial charge on any atom is -0.391 e. The first kappa shape index (κ1) is 11.9. The maximum atomic E-state index is 9.97. The molecule has 1 aliphatic carbocycles. The molecular weight excluding hydrogens is 268 g/mol. The number of nitrogens with one attached hydrogen (secondary N) is 1. The van der Waals surface area contributed by atoms with E-state index in [2.05, 4.69) is 26.2 Å². The third-order valence-electron chi connectivity index (χ3n) is 3.16. The van der Waals surface area contributed by atoms with Gasteiger partial charge in [0.1, 0.15) is 5.82 Å². The van der Waals surface area contributed by atoms with Gasteiger partial charge in [0.05, 0.1) is 6.10 Å². The molecule has 0 spiro atoms. The van der Waals surface area contributed by atoms with Gasteiger partial charge in [-0.15, -0.1) is 0 Å². The lowest BCUT2D eigenvalue weighted by molar-refractivity contribution is 0.123. The van der Waals surface area contributed by atoms with Crippen molar-refractivity contribution in [3.63, 3.8) is 0 Å². The first-order chi connectivity index (χ1) is 7.75. The molecule has 2 N–H and O–H groups in total. The highest BCUT2D eigenvalue weighted by atomic mass is 79.9. The zero-order chi connectivity index (χ0) is 11.4. The van der Waals surface area contributed by atoms with Crippen LogP contribution in [-0.4, -0.2) is 22.7 Å². The van der Waals surface area contributed by atoms with E-state index in [0.717, 1.165) is 23.1 Å². The molecule has 4 heteroatoms. The summed E-state index contributed by atoms with van der Waals surface area (Å²) >= 11 is 3.34. The fourth-order valence-electron chi connectivity index (χ4n) is 2.20. The van der Waals surface area contributed by atoms with Gasteiger partial charge < -0.3 is 10.4 Å². The Labute approximate surface area is 104 Å². The van der Waals surface area contributed by atoms with Crippen LogP contribution in [0.3, 0.4) is 0 Å². The van der Waals surface area contributed by atoms with Gasteiger partial charge in [0.15, 0.2) is 0 Å². The summed E-state index contributed by atoms with van der Waals surface area (Å²) < 4.78 is 0.967. The monoisotopic (exact) mass is 284 g/mol. The van der Waals surface area contributed by atoms with E-state index in [-0.39, 0.29) is 6.10 Å². The second-order valence-electron chi connectivity index (χ2n) is 4.35. The molecule has 0 bridgehead atoms. The predicted molar refractivity (Wildman–Crippen MR) is 68.4 cm³/mol. The Balaban J connectivity index is 1.80. The molecule has 3 nitrogen and oxygen atoms in total. The van der Waals surface area contributed by atoms with Crippen molar-refractivity contribution in [2.24, 2.45) is 5.92 Å². The average Bonchev–Trinajstić information content (AvgIpc) is 2.81. The van der Waals surface area contributed by atoms with Crippen LogP contribution in [0.15, 0.2) is 22.8 Å². The molecule has 2 rings (SSSR count). The summed E-state index contributed by atoms with van der Waals surface area (Å²) in [7, 11) is 0. The number of rotatable bonds is 4. The molecule has 1 unspecified atom stereocenters. The van der Waals surface area contributed by atoms with Gasteiger partial charge in [-0.25, -0.2) is 4.98 Å². The summed E-state index contributed by atoms with van der Waals surface area (Å²) in [5, 5.41) is 13.1. The van der Waals surface area contributed by atoms with Crippen LogP contribution in [0.1, 0.15) is 25.7 Å². The summed E-state index contributed by atoms with van der Waals surface area (Å²) in [5.74, 6) is 1.29. The maximum Gasteiger partial charge on any atom is 0.126 e. The minimum atomic E-state index is -0.243. The van der Waals surface area contributed by atoms with Gasteiger partial charge >= 0.3 is 0 Å². The molecule has 0 aromatic carbocycles. The maximum absolute atomic E-state index is 9.97. The van der Waals surface area contributed by atoms with Gasteiger partial charge in [-0.3, -0.25) is 0 Å². The molecule has 1 atom stereocenters. The Morgan fingerprint density at radius 3 is 2.81 bits per heavy atom. The number of hydrogen-bond acceptors (Lipinski definition) is 3. The Morgan fingerprint density at radius 2 is 2.19 bits per heavy atom. The fraction of sp³-hybridized carbons (Fsp3) is 0.583. The van der Waals surface area contributed by atoms with E-state index in [0.29, 0.717) is 12.5 Å². The van der Waals surface area contributed by atoms with Gasteiger partial charge in [-0.2, -0.15) is 0 Å². The van der Waals surface area contributed by atoms with Crippen molar-refractivity contribution in [1.29, 1.82) is 0 Å². The number of aliphatic hydroxyl groups excluding tert-OH is 1. The van der Waals surface area contributed by atoms with Crippen molar-refractivity contribution >= 4 is 21.7 Å². The summed E-state index contributed by atoms with van der Waals surface area (Å²) in [5.41, 5.74) is 0. The zero-order valence-electron chi connectivity index (χ0n) is 9.19. The Hall–Kier alpha value is -0.610. The standard InChI is InChI=1S/C12H17BrN2O/c13-10-5-6-12(14-7-10)15-8-11(16)9-3-1-2-4-9/h5-7,9,11,16H,1-4,8H2,(H,14,15). The number of nitrogens with zero attached hydrogens (tertiary/aromatic N) is 1. The van der Waals surface area contributed by atoms with E-state index < -0.39 is 0 Å². The summed E-state index contributed by atoms with van der Waals surface area (Å²) in [6.45, 7) is 0.597. The first-order valence-electron chi connectivity index (χ1n) is 5.79. The van der Waals surface area contributed by atoms with Crippen LogP contribution in [0.5, 0.6) is 0 Å². The topological polar surface area (TPSA) is 45.1 Å². The lowest BCUT2D eigenvalue weighted by Crippen LogP contribution is -2.26. The summed E-state index contributed by atoms with van der Waals surface area (Å²) in [6.07, 6.45) is 6.36. The zero-order valence-corrected chi connectivity index (χ0v) is 10.8. The molecule has 1 aliphatic rings. The van der Waals surface area contributed by atoms with Crippen LogP contribution in [0.25, 0.3) is 0 Å². The summed E-state index contributed by atoms with van der Waals surface area (Å²) in [4.78, 5) is 4.21. The lowest BCUT2D eigenvalue weighted by Gasteiger charge is -2.18. The first-order valence-corrected chi connectivity index (χ1v) is 6.58. The average molecular weight is 285 g/mol. The molecule has 88 valence electrons. The van der Waals surface area contributed by atoms with Crippen molar-refractivity contribution in [1.82, 2.24) is 4.98 Å². The van der Waals surface area contributed by atoms with Crippen LogP contribution in [-0.2, 0) is 0 Å². The van der Waals surface area contributed by atoms with Crippen LogP contribution in [0, 0.1) is 5.92 Å². The quantitative estimate of drug-likeness (QED) is 0.894. The lowest BCUT2D eigenvalue weighted by atomic mass is 10.0. The molecule has 1 aromatic heterocycles. The van der Waals surface area contributed by atoms with E-state index >= 15 is 0 Å². The van der Waals surface area contributed by atoms with Crippen molar-refractivity contribution in [2.45, 2.75) is 31.8 Å². The van der Waals surface area contributed by atoms with Crippen LogP contribution < -0.4 is 5.32 Å². The van der Waals surface area contributed by atoms with Gasteiger partial charge in [0.2, 0.25) is 0 Å². The van der Waals surface area contributed by atoms with E-state index in [1.165, 1.54) is 12.8 Å². The van der Waals surface area contributed by atoms with E-state index in [1.807, 2.05) is 12.1 Å². The van der Waals surface area contributed by atoms with Gasteiger partial charge in [-0.05, 0) is 46.8 Å². The molecule has 16 heavy (non-hydrogen) atoms. The molecule has 1 fully saturated rings. The van der Waals surface area contributed by atoms with Gasteiger partial charge in [-0.1, -0.05) is 12.8 Å². The van der Waals surface area contributed by atoms with E-state index in [9.17, 15) is 5.11 Å². The Bertz CT molecular complexity index is 322. The smallest absolute Gasteiger partial charge is 0.126 e. The van der Waals surface area contributed by atoms with Gasteiger partial charge in [0.25, 0.3) is 0 Å². The largest absolute Gasteiger partial charge is 0.391 e. The number of halogens is 1. The van der Waals surface area contributed by atoms with Gasteiger partial charge in [0, 0.05) is 17.2 Å². The predicted octanol–water partition coefficient (Wildman–Crippen LogP) is 2.81. The van der Waals surface area contributed by atoms with Crippen molar-refractivity contribution < 1.29 is 5.11 Å². The van der Waals surface area contributed by atoms with Crippen molar-refractivity contribution in [3.05, 3.63) is 22.8 Å². The third kappa shape index (κ3) is 3.19. The molecule has 0 aliphatic heterocycles. The van der Waals surface area contributed by atoms with Crippen LogP contribution in [0.2, 0.25) is 0 Å². The molecule has 1 saturated carbocycles. The van der Waals surface area contributed by atoms with E-state index in [4.69, 9.17) is 0 Å². The Morgan fingerprint density at radius 1 is 1.44 bits per heavy atom. The molecule has 0 saturated heterocycles. The molecule has 1 heterocycles. The van der Waals surface area contributed by atoms with E-state index in [1.54, 1.807) is 6.20 Å². The van der Waals surface area contributed by atoms with Crippen LogP contribution in [0.4, 0.5) is 5.82 Å². The summed E-state index contributed by atoms with van der Waals surface area (Å²) in [6, 6.07) is 3.85. The highest BCUT2D eigenvalue weighted by Gasteiger charge is 2.22. The highest BCUT2D eigenvalue weighted by molar-refractivity contribution is 9.10. The number of aromatic nitrogens is 1. The Kier molecular flexibility index (Phi) is 4.18. The van der Waals surface area contributed by atoms with Crippen molar-refractivity contribution in [3.8, 4) is 0 Å². The molecule has 0 amide bonds. The SMILES string of the molecule is OC(CNc1ccc(Br)cn1)C1CCCC1. The number of anilines is 1. The number of aliphatic hydroxyl groups is 1. The number of hydrogen-bond donors (Lipinski definition) is 2. The third-order valence-corrected chi connectivity index (χ3v) is 3.63. The number of pyridine rings is 1. The van der Waals surface area contributed by atoms with Crippen molar-refractivity contribution in [2.75, 3.05) is 11.9 Å². The molecule has 1 aromatic rings. The second kappa shape index (κ2) is 5.64. The molecular formula is C12H17BrN2O. The minimum absolute atomic E-state index is 0.243. The highest BCUT2D eigenvalue weighted by Crippen LogP contribution is 2.27. The normalized spacial score (nSPS) is 18.6.